The lowest BCUT2D eigenvalue weighted by Gasteiger charge is -2.27. The van der Waals surface area contributed by atoms with Crippen molar-refractivity contribution in [2.45, 2.75) is 32.1 Å². The van der Waals surface area contributed by atoms with Crippen molar-refractivity contribution in [1.82, 2.24) is 0 Å². The molecule has 0 atom stereocenters. The van der Waals surface area contributed by atoms with Gasteiger partial charge in [-0.05, 0) is 37.3 Å². The highest BCUT2D eigenvalue weighted by atomic mass is 35.5. The van der Waals surface area contributed by atoms with Gasteiger partial charge in [-0.2, -0.15) is 0 Å². The molecule has 18 heavy (non-hydrogen) atoms. The molecule has 0 unspecified atom stereocenters. The summed E-state index contributed by atoms with van der Waals surface area (Å²) in [6.45, 7) is 0.565. The molecule has 0 aromatic heterocycles. The number of nitrogens with zero attached hydrogens (tertiary/aromatic N) is 1. The van der Waals surface area contributed by atoms with Crippen LogP contribution in [-0.4, -0.2) is 11.5 Å². The lowest BCUT2D eigenvalue weighted by Crippen LogP contribution is -2.30. The summed E-state index contributed by atoms with van der Waals surface area (Å²) in [6, 6.07) is 4.84. The highest BCUT2D eigenvalue weighted by Crippen LogP contribution is 2.43. The van der Waals surface area contributed by atoms with Gasteiger partial charge >= 0.3 is 0 Å². The molecule has 1 fully saturated rings. The van der Waals surface area contributed by atoms with Gasteiger partial charge in [0.1, 0.15) is 0 Å². The third kappa shape index (κ3) is 2.49. The Morgan fingerprint density at radius 1 is 1.39 bits per heavy atom. The fourth-order valence-corrected chi connectivity index (χ4v) is 3.08. The molecular weight excluding hydrogens is 252 g/mol. The molecule has 1 saturated carbocycles. The van der Waals surface area contributed by atoms with E-state index in [1.807, 2.05) is 0 Å². The van der Waals surface area contributed by atoms with Crippen molar-refractivity contribution in [2.75, 3.05) is 6.54 Å². The van der Waals surface area contributed by atoms with Gasteiger partial charge in [0.25, 0.3) is 5.69 Å². The molecule has 0 saturated heterocycles. The molecule has 5 heteroatoms. The summed E-state index contributed by atoms with van der Waals surface area (Å²) in [4.78, 5) is 10.7. The van der Waals surface area contributed by atoms with Crippen LogP contribution in [0.15, 0.2) is 18.2 Å². The Hall–Kier alpha value is -1.13. The van der Waals surface area contributed by atoms with Gasteiger partial charge in [0.15, 0.2) is 0 Å². The Kier molecular flexibility index (Phi) is 3.88. The fourth-order valence-electron chi connectivity index (χ4n) is 2.85. The van der Waals surface area contributed by atoms with Crippen LogP contribution in [0.2, 0.25) is 5.02 Å². The lowest BCUT2D eigenvalue weighted by molar-refractivity contribution is -0.385. The summed E-state index contributed by atoms with van der Waals surface area (Å²) in [5, 5.41) is 11.5. The van der Waals surface area contributed by atoms with E-state index in [0.29, 0.717) is 23.6 Å². The lowest BCUT2D eigenvalue weighted by atomic mass is 9.80. The Bertz CT molecular complexity index is 456. The molecule has 1 aromatic carbocycles. The van der Waals surface area contributed by atoms with Crippen molar-refractivity contribution in [3.63, 3.8) is 0 Å². The number of benzene rings is 1. The second-order valence-electron chi connectivity index (χ2n) is 5.08. The van der Waals surface area contributed by atoms with Crippen LogP contribution in [0, 0.1) is 15.5 Å². The molecular formula is C13H17ClN2O2. The molecule has 1 aromatic rings. The molecule has 2 rings (SSSR count). The zero-order valence-electron chi connectivity index (χ0n) is 10.2. The monoisotopic (exact) mass is 268 g/mol. The van der Waals surface area contributed by atoms with E-state index in [9.17, 15) is 10.1 Å². The van der Waals surface area contributed by atoms with Gasteiger partial charge in [0, 0.05) is 11.6 Å². The first-order valence-electron chi connectivity index (χ1n) is 6.20. The standard InChI is InChI=1S/C13H17ClN2O2/c14-11-4-3-5-12(16(17)18)10(11)8-13(9-15)6-1-2-7-13/h3-5H,1-2,6-9,15H2. The maximum absolute atomic E-state index is 11.1. The zero-order chi connectivity index (χ0) is 13.2. The minimum absolute atomic E-state index is 0.00421. The van der Waals surface area contributed by atoms with Crippen LogP contribution in [0.4, 0.5) is 5.69 Å². The van der Waals surface area contributed by atoms with Crippen molar-refractivity contribution in [3.8, 4) is 0 Å². The normalized spacial score (nSPS) is 17.9. The van der Waals surface area contributed by atoms with E-state index in [1.165, 1.54) is 6.07 Å². The number of nitro groups is 1. The van der Waals surface area contributed by atoms with Crippen molar-refractivity contribution in [3.05, 3.63) is 38.9 Å². The highest BCUT2D eigenvalue weighted by Gasteiger charge is 2.35. The Morgan fingerprint density at radius 3 is 2.61 bits per heavy atom. The minimum Gasteiger partial charge on any atom is -0.330 e. The topological polar surface area (TPSA) is 69.2 Å². The van der Waals surface area contributed by atoms with E-state index in [2.05, 4.69) is 0 Å². The van der Waals surface area contributed by atoms with Gasteiger partial charge in [0.05, 0.1) is 9.95 Å². The van der Waals surface area contributed by atoms with Gasteiger partial charge in [-0.3, -0.25) is 10.1 Å². The zero-order valence-corrected chi connectivity index (χ0v) is 10.9. The number of rotatable bonds is 4. The number of hydrogen-bond donors (Lipinski definition) is 1. The van der Waals surface area contributed by atoms with E-state index in [0.717, 1.165) is 25.7 Å². The van der Waals surface area contributed by atoms with Gasteiger partial charge in [-0.15, -0.1) is 0 Å². The molecule has 0 bridgehead atoms. The third-order valence-electron chi connectivity index (χ3n) is 3.94. The maximum atomic E-state index is 11.1. The molecule has 0 amide bonds. The predicted molar refractivity (Wildman–Crippen MR) is 71.8 cm³/mol. The summed E-state index contributed by atoms with van der Waals surface area (Å²) in [5.74, 6) is 0. The molecule has 4 nitrogen and oxygen atoms in total. The predicted octanol–water partition coefficient (Wildman–Crippen LogP) is 3.31. The van der Waals surface area contributed by atoms with Gasteiger partial charge in [0.2, 0.25) is 0 Å². The first kappa shape index (κ1) is 13.3. The van der Waals surface area contributed by atoms with E-state index in [1.54, 1.807) is 12.1 Å². The average molecular weight is 269 g/mol. The van der Waals surface area contributed by atoms with E-state index >= 15 is 0 Å². The smallest absolute Gasteiger partial charge is 0.274 e. The summed E-state index contributed by atoms with van der Waals surface area (Å²) in [7, 11) is 0. The fraction of sp³-hybridized carbons (Fsp3) is 0.538. The summed E-state index contributed by atoms with van der Waals surface area (Å²) in [5.41, 5.74) is 6.62. The van der Waals surface area contributed by atoms with Crippen molar-refractivity contribution < 1.29 is 4.92 Å². The SMILES string of the molecule is NCC1(Cc2c(Cl)cccc2[N+](=O)[O-])CCCC1. The Morgan fingerprint density at radius 2 is 2.06 bits per heavy atom. The van der Waals surface area contributed by atoms with Gasteiger partial charge < -0.3 is 5.73 Å². The average Bonchev–Trinajstić information content (AvgIpc) is 2.81. The van der Waals surface area contributed by atoms with Crippen LogP contribution >= 0.6 is 11.6 Å². The number of nitro benzene ring substituents is 1. The van der Waals surface area contributed by atoms with Crippen LogP contribution in [0.25, 0.3) is 0 Å². The van der Waals surface area contributed by atoms with E-state index in [4.69, 9.17) is 17.3 Å². The number of halogens is 1. The first-order chi connectivity index (χ1) is 8.58. The third-order valence-corrected chi connectivity index (χ3v) is 4.29. The maximum Gasteiger partial charge on any atom is 0.274 e. The molecule has 2 N–H and O–H groups in total. The van der Waals surface area contributed by atoms with Gasteiger partial charge in [-0.25, -0.2) is 0 Å². The summed E-state index contributed by atoms with van der Waals surface area (Å²) >= 11 is 6.13. The van der Waals surface area contributed by atoms with E-state index < -0.39 is 0 Å². The molecule has 1 aliphatic rings. The Balaban J connectivity index is 2.35. The number of hydrogen-bond acceptors (Lipinski definition) is 3. The Labute approximate surface area is 111 Å². The summed E-state index contributed by atoms with van der Waals surface area (Å²) in [6.07, 6.45) is 4.97. The second kappa shape index (κ2) is 5.24. The van der Waals surface area contributed by atoms with Crippen molar-refractivity contribution in [1.29, 1.82) is 0 Å². The van der Waals surface area contributed by atoms with Crippen LogP contribution in [0.5, 0.6) is 0 Å². The van der Waals surface area contributed by atoms with Crippen molar-refractivity contribution in [2.24, 2.45) is 11.1 Å². The second-order valence-corrected chi connectivity index (χ2v) is 5.49. The quantitative estimate of drug-likeness (QED) is 0.673. The van der Waals surface area contributed by atoms with Crippen LogP contribution in [0.3, 0.4) is 0 Å². The minimum atomic E-state index is -0.361. The largest absolute Gasteiger partial charge is 0.330 e. The van der Waals surface area contributed by atoms with Crippen LogP contribution in [-0.2, 0) is 6.42 Å². The molecule has 0 heterocycles. The van der Waals surface area contributed by atoms with Crippen LogP contribution in [0.1, 0.15) is 31.2 Å². The van der Waals surface area contributed by atoms with Crippen LogP contribution < -0.4 is 5.73 Å². The molecule has 1 aliphatic carbocycles. The highest BCUT2D eigenvalue weighted by molar-refractivity contribution is 6.31. The molecule has 98 valence electrons. The van der Waals surface area contributed by atoms with E-state index in [-0.39, 0.29) is 16.0 Å². The number of nitrogens with two attached hydrogens (primary N) is 1. The van der Waals surface area contributed by atoms with Crippen molar-refractivity contribution >= 4 is 17.3 Å². The molecule has 0 aliphatic heterocycles. The summed E-state index contributed by atoms with van der Waals surface area (Å²) < 4.78 is 0. The van der Waals surface area contributed by atoms with Gasteiger partial charge in [-0.1, -0.05) is 30.5 Å². The first-order valence-corrected chi connectivity index (χ1v) is 6.58. The molecule has 0 radical (unpaired) electrons. The molecule has 0 spiro atoms.